The van der Waals surface area contributed by atoms with Crippen molar-refractivity contribution in [3.8, 4) is 0 Å². The van der Waals surface area contributed by atoms with E-state index < -0.39 is 18.1 Å². The molecule has 2 heterocycles. The van der Waals surface area contributed by atoms with Gasteiger partial charge in [-0.05, 0) is 76.4 Å². The van der Waals surface area contributed by atoms with Crippen LogP contribution < -0.4 is 10.9 Å². The number of nitrogens with one attached hydrogen (secondary N) is 2. The third kappa shape index (κ3) is 4.34. The number of aromatic nitrogens is 1. The van der Waals surface area contributed by atoms with Crippen molar-refractivity contribution in [2.75, 3.05) is 5.43 Å². The molecule has 0 radical (unpaired) electrons. The van der Waals surface area contributed by atoms with E-state index in [1.54, 1.807) is 6.20 Å². The Morgan fingerprint density at radius 2 is 1.79 bits per heavy atom. The molecular formula is C27H23F2N3O2. The molecule has 1 fully saturated rings. The van der Waals surface area contributed by atoms with Crippen LogP contribution in [0.3, 0.4) is 0 Å². The third-order valence-electron chi connectivity index (χ3n) is 6.36. The zero-order chi connectivity index (χ0) is 23.7. The Morgan fingerprint density at radius 1 is 1.03 bits per heavy atom. The zero-order valence-corrected chi connectivity index (χ0v) is 18.3. The fraction of sp³-hybridized carbons (Fsp3) is 0.185. The Labute approximate surface area is 195 Å². The number of carboxylic acid groups (broad SMARTS) is 1. The van der Waals surface area contributed by atoms with Gasteiger partial charge in [0.1, 0.15) is 5.82 Å². The summed E-state index contributed by atoms with van der Waals surface area (Å²) in [5.74, 6) is -1.19. The van der Waals surface area contributed by atoms with Gasteiger partial charge in [0.2, 0.25) is 0 Å². The maximum Gasteiger partial charge on any atom is 0.328 e. The van der Waals surface area contributed by atoms with E-state index >= 15 is 0 Å². The molecule has 3 aromatic rings. The molecule has 1 aliphatic heterocycles. The number of rotatable bonds is 6. The molecule has 172 valence electrons. The lowest BCUT2D eigenvalue weighted by Gasteiger charge is -2.31. The van der Waals surface area contributed by atoms with Crippen molar-refractivity contribution in [1.82, 2.24) is 10.4 Å². The number of fused-ring (bicyclic) bond motifs is 1. The van der Waals surface area contributed by atoms with Crippen molar-refractivity contribution < 1.29 is 18.7 Å². The van der Waals surface area contributed by atoms with Gasteiger partial charge >= 0.3 is 5.97 Å². The number of nitrogens with zero attached hydrogens (tertiary/aromatic N) is 1. The van der Waals surface area contributed by atoms with Gasteiger partial charge in [0.05, 0.1) is 11.9 Å². The number of benzene rings is 2. The van der Waals surface area contributed by atoms with E-state index in [9.17, 15) is 13.6 Å². The summed E-state index contributed by atoms with van der Waals surface area (Å²) in [6.45, 7) is 0. The Balaban J connectivity index is 1.71. The van der Waals surface area contributed by atoms with Gasteiger partial charge in [0.25, 0.3) is 0 Å². The van der Waals surface area contributed by atoms with Crippen LogP contribution in [0.15, 0.2) is 67.0 Å². The van der Waals surface area contributed by atoms with Crippen molar-refractivity contribution in [2.45, 2.75) is 25.6 Å². The number of allylic oxidation sites excluding steroid dienone is 1. The number of hydrogen-bond acceptors (Lipinski definition) is 4. The zero-order valence-electron chi connectivity index (χ0n) is 18.3. The smallest absolute Gasteiger partial charge is 0.328 e. The number of carbonyl (C=O) groups is 1. The van der Waals surface area contributed by atoms with Crippen molar-refractivity contribution in [3.63, 3.8) is 0 Å². The highest BCUT2D eigenvalue weighted by Gasteiger charge is 2.29. The number of aliphatic carboxylic acids is 1. The molecule has 0 bridgehead atoms. The van der Waals surface area contributed by atoms with E-state index in [-0.39, 0.29) is 5.92 Å². The highest BCUT2D eigenvalue weighted by molar-refractivity contribution is 6.00. The Bertz CT molecular complexity index is 1300. The number of alkyl halides is 1. The van der Waals surface area contributed by atoms with Gasteiger partial charge in [0, 0.05) is 17.8 Å². The molecular weight excluding hydrogens is 436 g/mol. The molecule has 3 N–H and O–H groups in total. The summed E-state index contributed by atoms with van der Waals surface area (Å²) in [7, 11) is 0. The van der Waals surface area contributed by atoms with E-state index in [0.29, 0.717) is 16.8 Å². The normalized spacial score (nSPS) is 18.2. The van der Waals surface area contributed by atoms with Crippen molar-refractivity contribution in [2.24, 2.45) is 5.92 Å². The maximum absolute atomic E-state index is 14.5. The van der Waals surface area contributed by atoms with Gasteiger partial charge in [-0.25, -0.2) is 19.0 Å². The first-order valence-electron chi connectivity index (χ1n) is 11.2. The molecule has 1 saturated carbocycles. The average Bonchev–Trinajstić information content (AvgIpc) is 3.17. The van der Waals surface area contributed by atoms with Crippen LogP contribution in [0.4, 0.5) is 14.5 Å². The summed E-state index contributed by atoms with van der Waals surface area (Å²) in [6, 6.07) is 14.6. The minimum absolute atomic E-state index is 0.232. The number of anilines is 1. The van der Waals surface area contributed by atoms with Crippen LogP contribution in [-0.2, 0) is 4.79 Å². The summed E-state index contributed by atoms with van der Waals surface area (Å²) in [4.78, 5) is 15.0. The molecule has 1 aliphatic carbocycles. The van der Waals surface area contributed by atoms with E-state index in [2.05, 4.69) is 15.8 Å². The lowest BCUT2D eigenvalue weighted by atomic mass is 9.73. The van der Waals surface area contributed by atoms with Crippen LogP contribution in [0.1, 0.15) is 53.4 Å². The second-order valence-electron chi connectivity index (χ2n) is 8.54. The highest BCUT2D eigenvalue weighted by Crippen LogP contribution is 2.46. The van der Waals surface area contributed by atoms with Crippen molar-refractivity contribution in [1.29, 1.82) is 0 Å². The Kier molecular flexibility index (Phi) is 5.94. The van der Waals surface area contributed by atoms with Crippen LogP contribution >= 0.6 is 0 Å². The Hall–Kier alpha value is -3.84. The summed E-state index contributed by atoms with van der Waals surface area (Å²) in [5.41, 5.74) is 11.7. The number of pyridine rings is 1. The van der Waals surface area contributed by atoms with Gasteiger partial charge in [-0.3, -0.25) is 4.98 Å². The standard InChI is InChI=1S/C27H23F2N3O2/c28-21-12-20(14-30-15-21)26(17-2-1-3-17)25(18-7-4-16(5-8-18)6-11-24(33)34)19-9-10-23-22(13-19)27(29)32-31-23/h4-15,17,27,31-32H,1-3H2,(H,33,34)/b11-6+,26-25+. The summed E-state index contributed by atoms with van der Waals surface area (Å²) in [5, 5.41) is 8.91. The SMILES string of the molecule is O=C(O)/C=C/c1ccc(/C(=C(\c2cncc(F)c2)C2CCC2)c2ccc3c(c2)C(F)NN3)cc1. The molecule has 5 rings (SSSR count). The second kappa shape index (κ2) is 9.19. The molecule has 7 heteroatoms. The van der Waals surface area contributed by atoms with Gasteiger partial charge in [-0.15, -0.1) is 0 Å². The molecule has 1 unspecified atom stereocenters. The van der Waals surface area contributed by atoms with Gasteiger partial charge in [-0.2, -0.15) is 0 Å². The molecule has 1 aromatic heterocycles. The predicted molar refractivity (Wildman–Crippen MR) is 128 cm³/mol. The maximum atomic E-state index is 14.5. The van der Waals surface area contributed by atoms with Gasteiger partial charge in [-0.1, -0.05) is 36.8 Å². The molecule has 2 aromatic carbocycles. The molecule has 34 heavy (non-hydrogen) atoms. The van der Waals surface area contributed by atoms with Crippen LogP contribution in [-0.4, -0.2) is 16.1 Å². The summed E-state index contributed by atoms with van der Waals surface area (Å²) < 4.78 is 28.7. The molecule has 0 saturated heterocycles. The van der Waals surface area contributed by atoms with E-state index in [4.69, 9.17) is 5.11 Å². The molecule has 5 nitrogen and oxygen atoms in total. The number of hydrazine groups is 1. The quantitative estimate of drug-likeness (QED) is 0.313. The minimum atomic E-state index is -1.33. The third-order valence-corrected chi connectivity index (χ3v) is 6.36. The molecule has 0 spiro atoms. The first kappa shape index (κ1) is 22.0. The van der Waals surface area contributed by atoms with Crippen LogP contribution in [0, 0.1) is 11.7 Å². The second-order valence-corrected chi connectivity index (χ2v) is 8.54. The predicted octanol–water partition coefficient (Wildman–Crippen LogP) is 5.98. The van der Waals surface area contributed by atoms with E-state index in [1.165, 1.54) is 18.3 Å². The minimum Gasteiger partial charge on any atom is -0.478 e. The van der Waals surface area contributed by atoms with Crippen molar-refractivity contribution in [3.05, 3.63) is 101 Å². The van der Waals surface area contributed by atoms with Crippen LogP contribution in [0.25, 0.3) is 17.2 Å². The van der Waals surface area contributed by atoms with Gasteiger partial charge in [0.15, 0.2) is 6.30 Å². The van der Waals surface area contributed by atoms with Crippen LogP contribution in [0.2, 0.25) is 0 Å². The largest absolute Gasteiger partial charge is 0.478 e. The van der Waals surface area contributed by atoms with Gasteiger partial charge < -0.3 is 10.5 Å². The Morgan fingerprint density at radius 3 is 2.47 bits per heavy atom. The number of halogens is 2. The number of carboxylic acids is 1. The molecule has 2 aliphatic rings. The van der Waals surface area contributed by atoms with Crippen molar-refractivity contribution >= 4 is 28.9 Å². The topological polar surface area (TPSA) is 74.2 Å². The molecule has 0 amide bonds. The summed E-state index contributed by atoms with van der Waals surface area (Å²) >= 11 is 0. The van der Waals surface area contributed by atoms with Crippen LogP contribution in [0.5, 0.6) is 0 Å². The molecule has 1 atom stereocenters. The number of hydrogen-bond donors (Lipinski definition) is 3. The highest BCUT2D eigenvalue weighted by atomic mass is 19.1. The first-order chi connectivity index (χ1) is 16.5. The lowest BCUT2D eigenvalue weighted by Crippen LogP contribution is -2.15. The summed E-state index contributed by atoms with van der Waals surface area (Å²) in [6.07, 6.45) is 7.20. The fourth-order valence-corrected chi connectivity index (χ4v) is 4.51. The van der Waals surface area contributed by atoms with E-state index in [0.717, 1.165) is 53.2 Å². The fourth-order valence-electron chi connectivity index (χ4n) is 4.51. The monoisotopic (exact) mass is 459 g/mol. The van der Waals surface area contributed by atoms with E-state index in [1.807, 2.05) is 42.5 Å². The lowest BCUT2D eigenvalue weighted by molar-refractivity contribution is -0.131. The first-order valence-corrected chi connectivity index (χ1v) is 11.2. The average molecular weight is 459 g/mol.